The van der Waals surface area contributed by atoms with Crippen LogP contribution in [0.5, 0.6) is 0 Å². The number of hydrogen-bond donors (Lipinski definition) is 0. The van der Waals surface area contributed by atoms with E-state index in [4.69, 9.17) is 0 Å². The van der Waals surface area contributed by atoms with Gasteiger partial charge in [-0.05, 0) is 45.0 Å². The molecular formula is C21H31N5O2. The minimum absolute atomic E-state index is 0.0919. The van der Waals surface area contributed by atoms with Crippen molar-refractivity contribution in [3.63, 3.8) is 0 Å². The zero-order chi connectivity index (χ0) is 19.9. The Balaban J connectivity index is 1.65. The molecule has 1 aromatic carbocycles. The Morgan fingerprint density at radius 2 is 1.89 bits per heavy atom. The molecule has 0 saturated heterocycles. The SMILES string of the molecule is CN(C)CCN(CC1CCCCC1)C(=O)CCn1nnc2ccccc2c1=O. The molecule has 0 bridgehead atoms. The number of fused-ring (bicyclic) bond motifs is 1. The molecule has 1 heterocycles. The molecule has 1 amide bonds. The first-order chi connectivity index (χ1) is 13.5. The molecule has 1 aliphatic carbocycles. The van der Waals surface area contributed by atoms with Crippen LogP contribution in [0.4, 0.5) is 0 Å². The van der Waals surface area contributed by atoms with Crippen LogP contribution < -0.4 is 5.56 Å². The molecule has 1 saturated carbocycles. The molecule has 7 heteroatoms. The van der Waals surface area contributed by atoms with Crippen molar-refractivity contribution >= 4 is 16.8 Å². The van der Waals surface area contributed by atoms with Crippen molar-refractivity contribution in [2.75, 3.05) is 33.7 Å². The zero-order valence-corrected chi connectivity index (χ0v) is 17.0. The zero-order valence-electron chi connectivity index (χ0n) is 17.0. The van der Waals surface area contributed by atoms with Crippen LogP contribution in [0.3, 0.4) is 0 Å². The maximum Gasteiger partial charge on any atom is 0.277 e. The summed E-state index contributed by atoms with van der Waals surface area (Å²) in [5, 5.41) is 8.64. The Labute approximate surface area is 166 Å². The summed E-state index contributed by atoms with van der Waals surface area (Å²) in [5.41, 5.74) is 0.394. The van der Waals surface area contributed by atoms with Crippen LogP contribution in [0.25, 0.3) is 10.9 Å². The van der Waals surface area contributed by atoms with Gasteiger partial charge < -0.3 is 9.80 Å². The first kappa shape index (κ1) is 20.5. The number of aryl methyl sites for hydroxylation is 1. The highest BCUT2D eigenvalue weighted by atomic mass is 16.2. The van der Waals surface area contributed by atoms with Gasteiger partial charge in [0, 0.05) is 26.1 Å². The van der Waals surface area contributed by atoms with E-state index in [2.05, 4.69) is 15.2 Å². The van der Waals surface area contributed by atoms with E-state index in [1.165, 1.54) is 36.8 Å². The molecule has 152 valence electrons. The second-order valence-corrected chi connectivity index (χ2v) is 8.03. The van der Waals surface area contributed by atoms with Crippen LogP contribution >= 0.6 is 0 Å². The molecule has 3 rings (SSSR count). The molecule has 28 heavy (non-hydrogen) atoms. The minimum atomic E-state index is -0.189. The summed E-state index contributed by atoms with van der Waals surface area (Å²) in [5.74, 6) is 0.692. The van der Waals surface area contributed by atoms with E-state index in [0.29, 0.717) is 16.8 Å². The predicted molar refractivity (Wildman–Crippen MR) is 110 cm³/mol. The fourth-order valence-corrected chi connectivity index (χ4v) is 3.85. The lowest BCUT2D eigenvalue weighted by molar-refractivity contribution is -0.132. The quantitative estimate of drug-likeness (QED) is 0.696. The summed E-state index contributed by atoms with van der Waals surface area (Å²) in [6.45, 7) is 2.65. The molecule has 1 aliphatic rings. The first-order valence-corrected chi connectivity index (χ1v) is 10.3. The fraction of sp³-hybridized carbons (Fsp3) is 0.619. The van der Waals surface area contributed by atoms with Crippen LogP contribution in [0.2, 0.25) is 0 Å². The number of likely N-dealkylation sites (N-methyl/N-ethyl adjacent to an activating group) is 1. The highest BCUT2D eigenvalue weighted by Crippen LogP contribution is 2.24. The molecule has 2 aromatic rings. The Morgan fingerprint density at radius 1 is 1.14 bits per heavy atom. The summed E-state index contributed by atoms with van der Waals surface area (Å²) < 4.78 is 1.31. The van der Waals surface area contributed by atoms with Gasteiger partial charge in [0.25, 0.3) is 5.56 Å². The third kappa shape index (κ3) is 5.38. The molecule has 0 unspecified atom stereocenters. The summed E-state index contributed by atoms with van der Waals surface area (Å²) >= 11 is 0. The van der Waals surface area contributed by atoms with Gasteiger partial charge in [0.1, 0.15) is 5.52 Å². The lowest BCUT2D eigenvalue weighted by Crippen LogP contribution is -2.41. The largest absolute Gasteiger partial charge is 0.341 e. The minimum Gasteiger partial charge on any atom is -0.341 e. The Morgan fingerprint density at radius 3 is 2.64 bits per heavy atom. The molecule has 0 spiro atoms. The molecule has 0 aliphatic heterocycles. The molecule has 0 atom stereocenters. The normalized spacial score (nSPS) is 15.2. The molecule has 0 radical (unpaired) electrons. The van der Waals surface area contributed by atoms with Crippen LogP contribution in [-0.2, 0) is 11.3 Å². The van der Waals surface area contributed by atoms with Crippen LogP contribution in [0.1, 0.15) is 38.5 Å². The average Bonchev–Trinajstić information content (AvgIpc) is 2.71. The number of rotatable bonds is 8. The van der Waals surface area contributed by atoms with E-state index in [0.717, 1.165) is 19.6 Å². The first-order valence-electron chi connectivity index (χ1n) is 10.3. The van der Waals surface area contributed by atoms with E-state index in [1.807, 2.05) is 31.1 Å². The number of carbonyl (C=O) groups is 1. The van der Waals surface area contributed by atoms with Gasteiger partial charge in [-0.3, -0.25) is 9.59 Å². The third-order valence-corrected chi connectivity index (χ3v) is 5.54. The Kier molecular flexibility index (Phi) is 7.14. The topological polar surface area (TPSA) is 71.3 Å². The van der Waals surface area contributed by atoms with Crippen LogP contribution in [0.15, 0.2) is 29.1 Å². The Hall–Kier alpha value is -2.28. The standard InChI is InChI=1S/C21H31N5O2/c1-24(2)14-15-25(16-17-8-4-3-5-9-17)20(27)12-13-26-21(28)18-10-6-7-11-19(18)22-23-26/h6-7,10-11,17H,3-5,8-9,12-16H2,1-2H3. The lowest BCUT2D eigenvalue weighted by Gasteiger charge is -2.30. The summed E-state index contributed by atoms with van der Waals surface area (Å²) in [4.78, 5) is 29.6. The second-order valence-electron chi connectivity index (χ2n) is 8.03. The van der Waals surface area contributed by atoms with Gasteiger partial charge in [-0.15, -0.1) is 5.10 Å². The molecule has 1 fully saturated rings. The van der Waals surface area contributed by atoms with Crippen molar-refractivity contribution < 1.29 is 4.79 Å². The van der Waals surface area contributed by atoms with E-state index in [-0.39, 0.29) is 24.4 Å². The van der Waals surface area contributed by atoms with Gasteiger partial charge in [-0.1, -0.05) is 36.6 Å². The number of carbonyl (C=O) groups excluding carboxylic acids is 1. The maximum atomic E-state index is 12.9. The molecule has 0 N–H and O–H groups in total. The number of nitrogens with zero attached hydrogens (tertiary/aromatic N) is 5. The maximum absolute atomic E-state index is 12.9. The number of benzene rings is 1. The highest BCUT2D eigenvalue weighted by Gasteiger charge is 2.21. The van der Waals surface area contributed by atoms with E-state index in [1.54, 1.807) is 12.1 Å². The molecule has 7 nitrogen and oxygen atoms in total. The Bertz CT molecular complexity index is 842. The third-order valence-electron chi connectivity index (χ3n) is 5.54. The summed E-state index contributed by atoms with van der Waals surface area (Å²) in [7, 11) is 4.04. The van der Waals surface area contributed by atoms with Gasteiger partial charge in [0.2, 0.25) is 5.91 Å². The average molecular weight is 386 g/mol. The van der Waals surface area contributed by atoms with Crippen molar-refractivity contribution in [3.05, 3.63) is 34.6 Å². The van der Waals surface area contributed by atoms with Crippen molar-refractivity contribution in [2.24, 2.45) is 5.92 Å². The molecule has 1 aromatic heterocycles. The monoisotopic (exact) mass is 385 g/mol. The fourth-order valence-electron chi connectivity index (χ4n) is 3.85. The lowest BCUT2D eigenvalue weighted by atomic mass is 9.89. The van der Waals surface area contributed by atoms with Crippen LogP contribution in [-0.4, -0.2) is 64.4 Å². The number of amides is 1. The van der Waals surface area contributed by atoms with Gasteiger partial charge in [-0.25, -0.2) is 4.68 Å². The van der Waals surface area contributed by atoms with Gasteiger partial charge in [0.15, 0.2) is 0 Å². The van der Waals surface area contributed by atoms with Crippen molar-refractivity contribution in [3.8, 4) is 0 Å². The van der Waals surface area contributed by atoms with Gasteiger partial charge in [-0.2, -0.15) is 0 Å². The summed E-state index contributed by atoms with van der Waals surface area (Å²) in [6.07, 6.45) is 6.53. The van der Waals surface area contributed by atoms with Gasteiger partial charge in [0.05, 0.1) is 11.9 Å². The van der Waals surface area contributed by atoms with E-state index >= 15 is 0 Å². The van der Waals surface area contributed by atoms with Crippen molar-refractivity contribution in [1.29, 1.82) is 0 Å². The smallest absolute Gasteiger partial charge is 0.277 e. The van der Waals surface area contributed by atoms with E-state index < -0.39 is 0 Å². The van der Waals surface area contributed by atoms with E-state index in [9.17, 15) is 9.59 Å². The van der Waals surface area contributed by atoms with Crippen molar-refractivity contribution in [1.82, 2.24) is 24.8 Å². The van der Waals surface area contributed by atoms with Crippen molar-refractivity contribution in [2.45, 2.75) is 45.1 Å². The number of aromatic nitrogens is 3. The molecular weight excluding hydrogens is 354 g/mol. The second kappa shape index (κ2) is 9.78. The summed E-state index contributed by atoms with van der Waals surface area (Å²) in [6, 6.07) is 7.16. The predicted octanol–water partition coefficient (Wildman–Crippen LogP) is 2.15. The highest BCUT2D eigenvalue weighted by molar-refractivity contribution is 5.77. The van der Waals surface area contributed by atoms with Gasteiger partial charge >= 0.3 is 0 Å². The number of hydrogen-bond acceptors (Lipinski definition) is 5. The van der Waals surface area contributed by atoms with Crippen LogP contribution in [0, 0.1) is 5.92 Å².